The Balaban J connectivity index is 1.68. The Hall–Kier alpha value is -4.26. The lowest BCUT2D eigenvalue weighted by Crippen LogP contribution is -2.14. The molecule has 0 atom stereocenters. The molecule has 1 heterocycles. The molecule has 0 aliphatic heterocycles. The van der Waals surface area contributed by atoms with Crippen LogP contribution in [0.4, 0.5) is 11.4 Å². The van der Waals surface area contributed by atoms with E-state index in [1.165, 1.54) is 4.68 Å². The van der Waals surface area contributed by atoms with Crippen LogP contribution in [-0.2, 0) is 4.74 Å². The molecule has 0 aliphatic rings. The largest absolute Gasteiger partial charge is 0.462 e. The van der Waals surface area contributed by atoms with Crippen molar-refractivity contribution in [3.05, 3.63) is 99.0 Å². The van der Waals surface area contributed by atoms with E-state index in [-0.39, 0.29) is 17.2 Å². The summed E-state index contributed by atoms with van der Waals surface area (Å²) in [6.45, 7) is 9.89. The van der Waals surface area contributed by atoms with E-state index in [0.29, 0.717) is 23.6 Å². The van der Waals surface area contributed by atoms with E-state index in [0.717, 1.165) is 33.5 Å². The maximum absolute atomic E-state index is 13.1. The fourth-order valence-electron chi connectivity index (χ4n) is 3.88. The number of H-pyrrole nitrogens is 1. The van der Waals surface area contributed by atoms with Gasteiger partial charge >= 0.3 is 5.97 Å². The molecule has 0 saturated carbocycles. The van der Waals surface area contributed by atoms with Crippen LogP contribution in [0.5, 0.6) is 0 Å². The summed E-state index contributed by atoms with van der Waals surface area (Å²) in [5.74, 6) is -0.356. The second kappa shape index (κ2) is 9.93. The van der Waals surface area contributed by atoms with E-state index < -0.39 is 0 Å². The minimum Gasteiger partial charge on any atom is -0.462 e. The molecule has 178 valence electrons. The van der Waals surface area contributed by atoms with Crippen LogP contribution in [0.15, 0.2) is 75.7 Å². The lowest BCUT2D eigenvalue weighted by atomic mass is 9.98. The van der Waals surface area contributed by atoms with Gasteiger partial charge in [-0.25, -0.2) is 9.48 Å². The SMILES string of the molecule is CCOC(=O)c1cccc(-c2cccc(N=Nc3c(C)[nH]n(-c4ccc(C)c(C)c4)c3=O)c2C)c1. The lowest BCUT2D eigenvalue weighted by Gasteiger charge is -2.09. The molecule has 4 aromatic rings. The molecule has 0 amide bonds. The molecule has 4 rings (SSSR count). The number of nitrogens with zero attached hydrogens (tertiary/aromatic N) is 3. The fourth-order valence-corrected chi connectivity index (χ4v) is 3.88. The van der Waals surface area contributed by atoms with E-state index in [1.54, 1.807) is 26.0 Å². The first kappa shape index (κ1) is 23.9. The Morgan fingerprint density at radius 1 is 0.943 bits per heavy atom. The number of azo groups is 1. The molecular formula is C28H28N4O3. The van der Waals surface area contributed by atoms with Crippen LogP contribution in [0, 0.1) is 27.7 Å². The van der Waals surface area contributed by atoms with Crippen molar-refractivity contribution in [2.45, 2.75) is 34.6 Å². The molecule has 1 aromatic heterocycles. The maximum atomic E-state index is 13.1. The van der Waals surface area contributed by atoms with Gasteiger partial charge in [0.05, 0.1) is 29.2 Å². The minimum absolute atomic E-state index is 0.259. The van der Waals surface area contributed by atoms with Crippen LogP contribution in [0.1, 0.15) is 39.7 Å². The van der Waals surface area contributed by atoms with Gasteiger partial charge in [-0.1, -0.05) is 30.3 Å². The summed E-state index contributed by atoms with van der Waals surface area (Å²) in [6, 6.07) is 18.8. The Labute approximate surface area is 204 Å². The van der Waals surface area contributed by atoms with Crippen LogP contribution in [0.3, 0.4) is 0 Å². The van der Waals surface area contributed by atoms with Crippen LogP contribution >= 0.6 is 0 Å². The zero-order chi connectivity index (χ0) is 25.1. The van der Waals surface area contributed by atoms with E-state index >= 15 is 0 Å². The number of nitrogens with one attached hydrogen (secondary N) is 1. The number of carbonyl (C=O) groups excluding carboxylic acids is 1. The summed E-state index contributed by atoms with van der Waals surface area (Å²) in [6.07, 6.45) is 0. The quantitative estimate of drug-likeness (QED) is 0.253. The summed E-state index contributed by atoms with van der Waals surface area (Å²) in [5.41, 5.74) is 7.47. The highest BCUT2D eigenvalue weighted by Crippen LogP contribution is 2.32. The second-order valence-corrected chi connectivity index (χ2v) is 8.45. The van der Waals surface area contributed by atoms with Crippen molar-refractivity contribution >= 4 is 17.3 Å². The number of rotatable bonds is 6. The summed E-state index contributed by atoms with van der Waals surface area (Å²) >= 11 is 0. The van der Waals surface area contributed by atoms with Gasteiger partial charge in [0.15, 0.2) is 5.69 Å². The highest BCUT2D eigenvalue weighted by Gasteiger charge is 2.14. The first-order valence-corrected chi connectivity index (χ1v) is 11.5. The Morgan fingerprint density at radius 3 is 2.46 bits per heavy atom. The molecule has 0 bridgehead atoms. The lowest BCUT2D eigenvalue weighted by molar-refractivity contribution is 0.0526. The molecule has 1 N–H and O–H groups in total. The number of aromatic nitrogens is 2. The van der Waals surface area contributed by atoms with Crippen molar-refractivity contribution < 1.29 is 9.53 Å². The molecule has 7 nitrogen and oxygen atoms in total. The summed E-state index contributed by atoms with van der Waals surface area (Å²) in [7, 11) is 0. The number of hydrogen-bond donors (Lipinski definition) is 1. The monoisotopic (exact) mass is 468 g/mol. The standard InChI is InChI=1S/C28H28N4O3/c1-6-35-28(34)22-10-7-9-21(16-22)24-11-8-12-25(19(24)4)29-30-26-20(5)31-32(27(26)33)23-14-13-17(2)18(3)15-23/h7-16,31H,6H2,1-5H3. The topological polar surface area (TPSA) is 88.8 Å². The third-order valence-electron chi connectivity index (χ3n) is 6.04. The molecule has 0 aliphatic carbocycles. The summed E-state index contributed by atoms with van der Waals surface area (Å²) < 4.78 is 6.61. The predicted molar refractivity (Wildman–Crippen MR) is 137 cm³/mol. The zero-order valence-electron chi connectivity index (χ0n) is 20.5. The molecule has 0 radical (unpaired) electrons. The second-order valence-electron chi connectivity index (χ2n) is 8.45. The van der Waals surface area contributed by atoms with Crippen molar-refractivity contribution in [1.29, 1.82) is 0 Å². The van der Waals surface area contributed by atoms with Gasteiger partial charge in [-0.05, 0) is 92.8 Å². The molecule has 0 unspecified atom stereocenters. The average Bonchev–Trinajstić information content (AvgIpc) is 3.13. The number of aromatic amines is 1. The molecule has 0 spiro atoms. The van der Waals surface area contributed by atoms with Crippen LogP contribution in [0.2, 0.25) is 0 Å². The first-order chi connectivity index (χ1) is 16.8. The Bertz CT molecular complexity index is 1490. The Morgan fingerprint density at radius 2 is 1.71 bits per heavy atom. The van der Waals surface area contributed by atoms with Crippen molar-refractivity contribution in [2.75, 3.05) is 6.61 Å². The van der Waals surface area contributed by atoms with Gasteiger partial charge in [-0.3, -0.25) is 9.89 Å². The fraction of sp³-hybridized carbons (Fsp3) is 0.214. The number of carbonyl (C=O) groups is 1. The Kier molecular flexibility index (Phi) is 6.78. The van der Waals surface area contributed by atoms with Gasteiger partial charge in [0.2, 0.25) is 0 Å². The van der Waals surface area contributed by atoms with E-state index in [9.17, 15) is 9.59 Å². The predicted octanol–water partition coefficient (Wildman–Crippen LogP) is 6.66. The normalized spacial score (nSPS) is 11.2. The molecule has 0 fully saturated rings. The van der Waals surface area contributed by atoms with Crippen molar-refractivity contribution in [3.8, 4) is 16.8 Å². The molecule has 7 heteroatoms. The van der Waals surface area contributed by atoms with Crippen molar-refractivity contribution in [2.24, 2.45) is 10.2 Å². The molecule has 35 heavy (non-hydrogen) atoms. The van der Waals surface area contributed by atoms with Gasteiger partial charge in [0.25, 0.3) is 5.56 Å². The number of hydrogen-bond acceptors (Lipinski definition) is 5. The van der Waals surface area contributed by atoms with Crippen LogP contribution < -0.4 is 5.56 Å². The average molecular weight is 469 g/mol. The first-order valence-electron chi connectivity index (χ1n) is 11.5. The number of benzene rings is 3. The van der Waals surface area contributed by atoms with Crippen LogP contribution in [0.25, 0.3) is 16.8 Å². The molecule has 0 saturated heterocycles. The van der Waals surface area contributed by atoms with Gasteiger partial charge in [0, 0.05) is 0 Å². The zero-order valence-corrected chi connectivity index (χ0v) is 20.5. The summed E-state index contributed by atoms with van der Waals surface area (Å²) in [5, 5.41) is 11.8. The third kappa shape index (κ3) is 4.84. The third-order valence-corrected chi connectivity index (χ3v) is 6.04. The smallest absolute Gasteiger partial charge is 0.338 e. The van der Waals surface area contributed by atoms with E-state index in [4.69, 9.17) is 4.74 Å². The number of aryl methyl sites for hydroxylation is 3. The van der Waals surface area contributed by atoms with Crippen molar-refractivity contribution in [1.82, 2.24) is 9.78 Å². The maximum Gasteiger partial charge on any atom is 0.338 e. The van der Waals surface area contributed by atoms with E-state index in [2.05, 4.69) is 15.3 Å². The summed E-state index contributed by atoms with van der Waals surface area (Å²) in [4.78, 5) is 25.2. The van der Waals surface area contributed by atoms with Crippen molar-refractivity contribution in [3.63, 3.8) is 0 Å². The molecular weight excluding hydrogens is 440 g/mol. The van der Waals surface area contributed by atoms with Gasteiger partial charge in [0.1, 0.15) is 0 Å². The van der Waals surface area contributed by atoms with Crippen LogP contribution in [-0.4, -0.2) is 22.4 Å². The van der Waals surface area contributed by atoms with Gasteiger partial charge in [-0.15, -0.1) is 5.11 Å². The van der Waals surface area contributed by atoms with E-state index in [1.807, 2.05) is 69.3 Å². The molecule has 3 aromatic carbocycles. The number of esters is 1. The van der Waals surface area contributed by atoms with Gasteiger partial charge in [-0.2, -0.15) is 5.11 Å². The highest BCUT2D eigenvalue weighted by molar-refractivity contribution is 5.91. The highest BCUT2D eigenvalue weighted by atomic mass is 16.5. The van der Waals surface area contributed by atoms with Gasteiger partial charge < -0.3 is 4.74 Å². The minimum atomic E-state index is -0.356. The number of ether oxygens (including phenoxy) is 1.